The van der Waals surface area contributed by atoms with Gasteiger partial charge in [0, 0.05) is 13.3 Å². The molecule has 2 heterocycles. The van der Waals surface area contributed by atoms with E-state index in [-0.39, 0.29) is 0 Å². The van der Waals surface area contributed by atoms with Crippen LogP contribution in [0.5, 0.6) is 5.75 Å². The van der Waals surface area contributed by atoms with E-state index in [9.17, 15) is 15.0 Å². The minimum Gasteiger partial charge on any atom is -0.497 e. The molecule has 0 aromatic heterocycles. The summed E-state index contributed by atoms with van der Waals surface area (Å²) in [5.74, 6) is 0.690. The number of ether oxygens (including phenoxy) is 3. The van der Waals surface area contributed by atoms with E-state index in [0.717, 1.165) is 16.7 Å². The highest BCUT2D eigenvalue weighted by atomic mass is 16.6. The number of carbonyl (C=O) groups is 1. The van der Waals surface area contributed by atoms with Gasteiger partial charge in [0.2, 0.25) is 0 Å². The van der Waals surface area contributed by atoms with Crippen LogP contribution in [0.15, 0.2) is 97.2 Å². The third-order valence-corrected chi connectivity index (χ3v) is 7.64. The average Bonchev–Trinajstić information content (AvgIpc) is 3.29. The zero-order chi connectivity index (χ0) is 27.6. The van der Waals surface area contributed by atoms with Gasteiger partial charge in [0.15, 0.2) is 6.23 Å². The van der Waals surface area contributed by atoms with Gasteiger partial charge in [0.1, 0.15) is 29.7 Å². The Balaban J connectivity index is 1.68. The van der Waals surface area contributed by atoms with Crippen molar-refractivity contribution in [2.45, 2.75) is 35.6 Å². The highest BCUT2D eigenvalue weighted by Gasteiger charge is 2.56. The van der Waals surface area contributed by atoms with Gasteiger partial charge >= 0.3 is 6.03 Å². The Kier molecular flexibility index (Phi) is 7.44. The molecule has 0 aliphatic carbocycles. The number of aliphatic hydroxyl groups excluding tert-OH is 2. The molecule has 0 spiro atoms. The van der Waals surface area contributed by atoms with Crippen LogP contribution in [0, 0.1) is 0 Å². The van der Waals surface area contributed by atoms with E-state index in [4.69, 9.17) is 19.9 Å². The summed E-state index contributed by atoms with van der Waals surface area (Å²) in [6.07, 6.45) is -0.538. The van der Waals surface area contributed by atoms with Crippen LogP contribution in [0.4, 0.5) is 4.79 Å². The Bertz CT molecular complexity index is 1260. The van der Waals surface area contributed by atoms with E-state index < -0.39 is 48.3 Å². The Labute approximate surface area is 227 Å². The largest absolute Gasteiger partial charge is 0.497 e. The quantitative estimate of drug-likeness (QED) is 0.329. The molecule has 1 saturated heterocycles. The molecule has 0 bridgehead atoms. The lowest BCUT2D eigenvalue weighted by Gasteiger charge is -2.51. The molecule has 5 rings (SSSR count). The second-order valence-corrected chi connectivity index (χ2v) is 9.67. The fourth-order valence-electron chi connectivity index (χ4n) is 5.75. The third-order valence-electron chi connectivity index (χ3n) is 7.64. The third kappa shape index (κ3) is 4.38. The number of rotatable bonds is 8. The zero-order valence-electron chi connectivity index (χ0n) is 21.8. The van der Waals surface area contributed by atoms with Gasteiger partial charge in [-0.1, -0.05) is 72.8 Å². The Morgan fingerprint density at radius 1 is 0.974 bits per heavy atom. The number of methoxy groups -OCH3 is 2. The van der Waals surface area contributed by atoms with E-state index in [1.807, 2.05) is 84.9 Å². The van der Waals surface area contributed by atoms with E-state index in [1.54, 1.807) is 19.4 Å². The SMILES string of the molecule is COc1ccc(C(c2ccccc2)(c2ccccc2)C2(N)C=CN([C@@H]3O[C@H](CO)[C@@H](O)[C@H]3OC)C(=O)N2)cc1. The summed E-state index contributed by atoms with van der Waals surface area (Å²) < 4.78 is 16.7. The highest BCUT2D eigenvalue weighted by Crippen LogP contribution is 2.47. The number of nitrogens with one attached hydrogen (secondary N) is 1. The molecule has 204 valence electrons. The highest BCUT2D eigenvalue weighted by molar-refractivity contribution is 5.80. The van der Waals surface area contributed by atoms with Crippen LogP contribution < -0.4 is 15.8 Å². The summed E-state index contributed by atoms with van der Waals surface area (Å²) in [5.41, 5.74) is 7.32. The van der Waals surface area contributed by atoms with Crippen LogP contribution in [0.1, 0.15) is 16.7 Å². The number of nitrogens with two attached hydrogens (primary N) is 1. The van der Waals surface area contributed by atoms with Crippen LogP contribution in [0.2, 0.25) is 0 Å². The number of benzene rings is 3. The van der Waals surface area contributed by atoms with Gasteiger partial charge < -0.3 is 35.5 Å². The van der Waals surface area contributed by atoms with Gasteiger partial charge in [-0.2, -0.15) is 0 Å². The summed E-state index contributed by atoms with van der Waals surface area (Å²) in [6.45, 7) is -0.417. The maximum atomic E-state index is 13.8. The first-order chi connectivity index (χ1) is 18.9. The lowest BCUT2D eigenvalue weighted by molar-refractivity contribution is -0.0748. The van der Waals surface area contributed by atoms with E-state index >= 15 is 0 Å². The molecular formula is C30H33N3O6. The fourth-order valence-corrected chi connectivity index (χ4v) is 5.75. The molecule has 9 nitrogen and oxygen atoms in total. The van der Waals surface area contributed by atoms with Crippen LogP contribution in [0.3, 0.4) is 0 Å². The molecule has 5 atom stereocenters. The number of urea groups is 1. The van der Waals surface area contributed by atoms with Crippen molar-refractivity contribution in [1.82, 2.24) is 10.2 Å². The zero-order valence-corrected chi connectivity index (χ0v) is 21.8. The first kappa shape index (κ1) is 26.9. The molecule has 2 aliphatic rings. The fraction of sp³-hybridized carbons (Fsp3) is 0.300. The number of carbonyl (C=O) groups excluding carboxylic acids is 1. The summed E-state index contributed by atoms with van der Waals surface area (Å²) in [7, 11) is 3.03. The minimum absolute atomic E-state index is 0.417. The van der Waals surface area contributed by atoms with Crippen molar-refractivity contribution in [3.63, 3.8) is 0 Å². The van der Waals surface area contributed by atoms with Crippen molar-refractivity contribution >= 4 is 6.03 Å². The Morgan fingerprint density at radius 2 is 1.54 bits per heavy atom. The Morgan fingerprint density at radius 3 is 2.03 bits per heavy atom. The van der Waals surface area contributed by atoms with Crippen molar-refractivity contribution in [3.05, 3.63) is 114 Å². The predicted molar refractivity (Wildman–Crippen MR) is 145 cm³/mol. The number of hydrogen-bond acceptors (Lipinski definition) is 7. The van der Waals surface area contributed by atoms with Gasteiger partial charge in [-0.25, -0.2) is 4.79 Å². The van der Waals surface area contributed by atoms with Crippen molar-refractivity contribution in [2.75, 3.05) is 20.8 Å². The lowest BCUT2D eigenvalue weighted by Crippen LogP contribution is -2.72. The summed E-state index contributed by atoms with van der Waals surface area (Å²) >= 11 is 0. The van der Waals surface area contributed by atoms with Crippen LogP contribution in [-0.4, -0.2) is 72.2 Å². The first-order valence-corrected chi connectivity index (χ1v) is 12.7. The van der Waals surface area contributed by atoms with Gasteiger partial charge in [0.25, 0.3) is 0 Å². The molecular weight excluding hydrogens is 498 g/mol. The summed E-state index contributed by atoms with van der Waals surface area (Å²) in [5, 5.41) is 23.2. The standard InChI is InChI=1S/C30H33N3O6/c1-37-23-15-13-22(14-16-23)30(20-9-5-3-6-10-20,21-11-7-4-8-12-21)29(31)17-18-33(28(36)32-29)27-26(38-2)25(35)24(19-34)39-27/h3-18,24-27,34-35H,19,31H2,1-2H3,(H,32,36)/t24-,25-,26-,27-,29?/m1/s1. The Hall–Kier alpha value is -3.73. The first-order valence-electron chi connectivity index (χ1n) is 12.7. The monoisotopic (exact) mass is 531 g/mol. The van der Waals surface area contributed by atoms with E-state index in [2.05, 4.69) is 5.32 Å². The number of amides is 2. The number of aliphatic hydroxyl groups is 2. The van der Waals surface area contributed by atoms with Crippen molar-refractivity contribution in [3.8, 4) is 5.75 Å². The molecule has 0 saturated carbocycles. The van der Waals surface area contributed by atoms with Crippen molar-refractivity contribution in [2.24, 2.45) is 5.73 Å². The van der Waals surface area contributed by atoms with E-state index in [0.29, 0.717) is 5.75 Å². The van der Waals surface area contributed by atoms with Gasteiger partial charge in [-0.15, -0.1) is 0 Å². The normalized spacial score (nSPS) is 26.9. The van der Waals surface area contributed by atoms with Gasteiger partial charge in [-0.05, 0) is 34.9 Å². The molecule has 3 aromatic rings. The molecule has 5 N–H and O–H groups in total. The molecule has 2 aliphatic heterocycles. The van der Waals surface area contributed by atoms with E-state index in [1.165, 1.54) is 12.0 Å². The minimum atomic E-state index is -1.45. The smallest absolute Gasteiger partial charge is 0.325 e. The maximum absolute atomic E-state index is 13.8. The molecule has 3 aromatic carbocycles. The number of hydrogen-bond donors (Lipinski definition) is 4. The van der Waals surface area contributed by atoms with Gasteiger partial charge in [-0.3, -0.25) is 4.90 Å². The van der Waals surface area contributed by atoms with Crippen molar-refractivity contribution < 1.29 is 29.2 Å². The molecule has 1 fully saturated rings. The molecule has 9 heteroatoms. The van der Waals surface area contributed by atoms with Crippen LogP contribution in [0.25, 0.3) is 0 Å². The summed E-state index contributed by atoms with van der Waals surface area (Å²) in [4.78, 5) is 15.1. The van der Waals surface area contributed by atoms with Crippen LogP contribution >= 0.6 is 0 Å². The molecule has 1 unspecified atom stereocenters. The van der Waals surface area contributed by atoms with Gasteiger partial charge in [0.05, 0.1) is 19.1 Å². The molecule has 0 radical (unpaired) electrons. The van der Waals surface area contributed by atoms with Crippen molar-refractivity contribution in [1.29, 1.82) is 0 Å². The van der Waals surface area contributed by atoms with Crippen LogP contribution in [-0.2, 0) is 14.9 Å². The summed E-state index contributed by atoms with van der Waals surface area (Å²) in [6, 6.07) is 26.6. The molecule has 39 heavy (non-hydrogen) atoms. The maximum Gasteiger partial charge on any atom is 0.325 e. The topological polar surface area (TPSA) is 127 Å². The lowest BCUT2D eigenvalue weighted by atomic mass is 9.61. The molecule has 2 amide bonds. The second kappa shape index (κ2) is 10.8. The average molecular weight is 532 g/mol. The number of nitrogens with zero attached hydrogens (tertiary/aromatic N) is 1. The second-order valence-electron chi connectivity index (χ2n) is 9.67. The predicted octanol–water partition coefficient (Wildman–Crippen LogP) is 2.32.